The number of unbranched alkanes of at least 4 members (excludes halogenated alkanes) is 16. The van der Waals surface area contributed by atoms with Crippen molar-refractivity contribution < 1.29 is 42.1 Å². The number of hydrogen-bond donors (Lipinski definition) is 1. The van der Waals surface area contributed by atoms with Gasteiger partial charge in [-0.25, -0.2) is 4.57 Å². The van der Waals surface area contributed by atoms with Crippen LogP contribution in [0, 0.1) is 0 Å². The van der Waals surface area contributed by atoms with E-state index in [0.29, 0.717) is 17.4 Å². The number of phosphoric ester groups is 1. The van der Waals surface area contributed by atoms with E-state index >= 15 is 0 Å². The van der Waals surface area contributed by atoms with Crippen LogP contribution in [-0.4, -0.2) is 74.9 Å². The van der Waals surface area contributed by atoms with Crippen molar-refractivity contribution >= 4 is 19.8 Å². The Labute approximate surface area is 312 Å². The minimum absolute atomic E-state index is 0.0284. The highest BCUT2D eigenvalue weighted by molar-refractivity contribution is 7.47. The van der Waals surface area contributed by atoms with Crippen LogP contribution < -0.4 is 0 Å². The van der Waals surface area contributed by atoms with Crippen molar-refractivity contribution in [2.24, 2.45) is 0 Å². The van der Waals surface area contributed by atoms with E-state index in [9.17, 15) is 19.0 Å². The highest BCUT2D eigenvalue weighted by Crippen LogP contribution is 2.43. The van der Waals surface area contributed by atoms with Gasteiger partial charge < -0.3 is 18.9 Å². The number of rotatable bonds is 36. The molecule has 0 amide bonds. The first kappa shape index (κ1) is 49.2. The smallest absolute Gasteiger partial charge is 0.462 e. The molecule has 0 fully saturated rings. The van der Waals surface area contributed by atoms with Gasteiger partial charge in [0.1, 0.15) is 19.8 Å². The van der Waals surface area contributed by atoms with Crippen LogP contribution in [0.2, 0.25) is 0 Å². The summed E-state index contributed by atoms with van der Waals surface area (Å²) in [7, 11) is 1.46. The van der Waals surface area contributed by atoms with E-state index in [1.807, 2.05) is 21.1 Å². The highest BCUT2D eigenvalue weighted by atomic mass is 31.2. The predicted octanol–water partition coefficient (Wildman–Crippen LogP) is 11.0. The summed E-state index contributed by atoms with van der Waals surface area (Å²) < 4.78 is 34.2. The number of carbonyl (C=O) groups excluding carboxylic acids is 2. The van der Waals surface area contributed by atoms with E-state index in [4.69, 9.17) is 18.5 Å². The van der Waals surface area contributed by atoms with E-state index in [1.54, 1.807) is 0 Å². The topological polar surface area (TPSA) is 108 Å². The van der Waals surface area contributed by atoms with E-state index < -0.39 is 26.5 Å². The van der Waals surface area contributed by atoms with Crippen molar-refractivity contribution in [3.05, 3.63) is 36.5 Å². The molecule has 2 atom stereocenters. The number of likely N-dealkylation sites (N-methyl/N-ethyl adjacent to an activating group) is 1. The SMILES string of the molecule is CC/C=C/C/C=C/C/C=C/CCCCCCCC(=O)O[C@H](COC(=O)CCCCCCCCCCCCCC)COP(=O)(O)OCC[N+](C)(C)C. The number of esters is 2. The molecule has 0 aromatic carbocycles. The Morgan fingerprint density at radius 1 is 0.627 bits per heavy atom. The van der Waals surface area contributed by atoms with Crippen molar-refractivity contribution in [2.75, 3.05) is 47.5 Å². The molecule has 9 nitrogen and oxygen atoms in total. The third-order valence-electron chi connectivity index (χ3n) is 8.43. The Balaban J connectivity index is 4.44. The highest BCUT2D eigenvalue weighted by Gasteiger charge is 2.27. The van der Waals surface area contributed by atoms with E-state index in [-0.39, 0.29) is 32.0 Å². The Morgan fingerprint density at radius 3 is 1.67 bits per heavy atom. The van der Waals surface area contributed by atoms with Crippen molar-refractivity contribution in [3.8, 4) is 0 Å². The lowest BCUT2D eigenvalue weighted by atomic mass is 10.0. The van der Waals surface area contributed by atoms with Crippen LogP contribution in [0.1, 0.15) is 162 Å². The Bertz CT molecular complexity index is 975. The van der Waals surface area contributed by atoms with Gasteiger partial charge in [0, 0.05) is 12.8 Å². The zero-order valence-electron chi connectivity index (χ0n) is 33.3. The summed E-state index contributed by atoms with van der Waals surface area (Å²) in [6.07, 6.45) is 36.1. The molecular weight excluding hydrogens is 665 g/mol. The van der Waals surface area contributed by atoms with Crippen LogP contribution in [0.15, 0.2) is 36.5 Å². The van der Waals surface area contributed by atoms with Crippen molar-refractivity contribution in [3.63, 3.8) is 0 Å². The van der Waals surface area contributed by atoms with Crippen molar-refractivity contribution in [1.82, 2.24) is 0 Å². The minimum atomic E-state index is -4.37. The molecule has 0 spiro atoms. The fraction of sp³-hybridized carbons (Fsp3) is 0.805. The molecule has 10 heteroatoms. The first-order valence-corrected chi connectivity index (χ1v) is 21.7. The van der Waals surface area contributed by atoms with Gasteiger partial charge in [-0.15, -0.1) is 0 Å². The van der Waals surface area contributed by atoms with Crippen LogP contribution in [0.25, 0.3) is 0 Å². The second-order valence-electron chi connectivity index (χ2n) is 14.6. The van der Waals surface area contributed by atoms with Gasteiger partial charge in [0.05, 0.1) is 27.7 Å². The molecule has 0 aliphatic carbocycles. The quantitative estimate of drug-likeness (QED) is 0.0222. The monoisotopic (exact) mass is 743 g/mol. The number of carbonyl (C=O) groups is 2. The third kappa shape index (κ3) is 37.8. The second-order valence-corrected chi connectivity index (χ2v) is 16.1. The molecule has 0 saturated carbocycles. The average Bonchev–Trinajstić information content (AvgIpc) is 3.07. The lowest BCUT2D eigenvalue weighted by Gasteiger charge is -2.24. The summed E-state index contributed by atoms with van der Waals surface area (Å²) in [5.74, 6) is -0.818. The number of ether oxygens (including phenoxy) is 2. The van der Waals surface area contributed by atoms with Crippen molar-refractivity contribution in [1.29, 1.82) is 0 Å². The Hall–Kier alpha value is -1.77. The van der Waals surface area contributed by atoms with Crippen LogP contribution in [0.5, 0.6) is 0 Å². The molecule has 0 saturated heterocycles. The number of allylic oxidation sites excluding steroid dienone is 6. The van der Waals surface area contributed by atoms with Gasteiger partial charge in [-0.3, -0.25) is 18.6 Å². The second kappa shape index (κ2) is 34.0. The normalized spacial score (nSPS) is 14.1. The molecule has 0 rings (SSSR count). The molecule has 0 radical (unpaired) electrons. The summed E-state index contributed by atoms with van der Waals surface area (Å²) in [4.78, 5) is 35.2. The van der Waals surface area contributed by atoms with Gasteiger partial charge in [0.2, 0.25) is 0 Å². The zero-order valence-corrected chi connectivity index (χ0v) is 34.2. The standard InChI is InChI=1S/C41H76NO8P/c1-6-8-10-12-14-16-18-20-21-22-24-26-28-30-32-34-41(44)50-39(38-49-51(45,46)48-36-35-42(3,4)5)37-47-40(43)33-31-29-27-25-23-19-17-15-13-11-9-7-2/h8,10,14,16,20-21,39H,6-7,9,11-13,15,17-19,22-38H2,1-5H3/p+1/b10-8+,16-14+,21-20+/t39-/m1/s1. The zero-order chi connectivity index (χ0) is 37.9. The lowest BCUT2D eigenvalue weighted by Crippen LogP contribution is -2.37. The summed E-state index contributed by atoms with van der Waals surface area (Å²) in [5.41, 5.74) is 0. The van der Waals surface area contributed by atoms with Crippen LogP contribution in [0.3, 0.4) is 0 Å². The molecule has 0 aromatic heterocycles. The maximum Gasteiger partial charge on any atom is 0.472 e. The van der Waals surface area contributed by atoms with Crippen molar-refractivity contribution in [2.45, 2.75) is 168 Å². The average molecular weight is 743 g/mol. The molecule has 51 heavy (non-hydrogen) atoms. The maximum absolute atomic E-state index is 12.6. The first-order valence-electron chi connectivity index (χ1n) is 20.2. The van der Waals surface area contributed by atoms with E-state index in [2.05, 4.69) is 50.3 Å². The summed E-state index contributed by atoms with van der Waals surface area (Å²) in [6.45, 7) is 4.27. The molecule has 0 heterocycles. The molecule has 0 aromatic rings. The molecule has 1 unspecified atom stereocenters. The van der Waals surface area contributed by atoms with E-state index in [1.165, 1.54) is 57.8 Å². The summed E-state index contributed by atoms with van der Waals surface area (Å²) >= 11 is 0. The number of hydrogen-bond acceptors (Lipinski definition) is 7. The Kier molecular flexibility index (Phi) is 32.8. The predicted molar refractivity (Wildman–Crippen MR) is 210 cm³/mol. The number of phosphoric acid groups is 1. The van der Waals surface area contributed by atoms with Crippen LogP contribution >= 0.6 is 7.82 Å². The fourth-order valence-corrected chi connectivity index (χ4v) is 6.00. The van der Waals surface area contributed by atoms with Gasteiger partial charge in [-0.2, -0.15) is 0 Å². The summed E-state index contributed by atoms with van der Waals surface area (Å²) in [6, 6.07) is 0. The lowest BCUT2D eigenvalue weighted by molar-refractivity contribution is -0.870. The number of quaternary nitrogens is 1. The molecular formula is C41H77NO8P+. The molecule has 0 aliphatic rings. The van der Waals surface area contributed by atoms with Crippen LogP contribution in [0.4, 0.5) is 0 Å². The molecule has 298 valence electrons. The van der Waals surface area contributed by atoms with Crippen LogP contribution in [-0.2, 0) is 32.7 Å². The molecule has 0 bridgehead atoms. The fourth-order valence-electron chi connectivity index (χ4n) is 5.26. The molecule has 1 N–H and O–H groups in total. The molecule has 0 aliphatic heterocycles. The van der Waals surface area contributed by atoms with E-state index in [0.717, 1.165) is 70.6 Å². The Morgan fingerprint density at radius 2 is 1.12 bits per heavy atom. The third-order valence-corrected chi connectivity index (χ3v) is 9.42. The number of nitrogens with zero attached hydrogens (tertiary/aromatic N) is 1. The first-order chi connectivity index (χ1) is 24.5. The van der Waals surface area contributed by atoms with Gasteiger partial charge in [0.25, 0.3) is 0 Å². The maximum atomic E-state index is 12.6. The van der Waals surface area contributed by atoms with Gasteiger partial charge in [-0.05, 0) is 44.9 Å². The summed E-state index contributed by atoms with van der Waals surface area (Å²) in [5, 5.41) is 0. The minimum Gasteiger partial charge on any atom is -0.462 e. The van der Waals surface area contributed by atoms with Gasteiger partial charge >= 0.3 is 19.8 Å². The van der Waals surface area contributed by atoms with Gasteiger partial charge in [0.15, 0.2) is 6.10 Å². The van der Waals surface area contributed by atoms with Gasteiger partial charge in [-0.1, -0.05) is 140 Å². The largest absolute Gasteiger partial charge is 0.472 e.